The second kappa shape index (κ2) is 10.8. The molecule has 6 nitrogen and oxygen atoms in total. The number of para-hydroxylation sites is 1. The fraction of sp³-hybridized carbons (Fsp3) is 0.417. The van der Waals surface area contributed by atoms with Crippen molar-refractivity contribution in [2.45, 2.75) is 45.1 Å². The molecule has 1 saturated heterocycles. The molecule has 2 N–H and O–H groups in total. The quantitative estimate of drug-likeness (QED) is 0.652. The molecular formula is C24H30N2O4. The molecule has 2 aromatic rings. The summed E-state index contributed by atoms with van der Waals surface area (Å²) in [5.41, 5.74) is 2.27. The fourth-order valence-corrected chi connectivity index (χ4v) is 3.40. The molecule has 1 heterocycles. The predicted octanol–water partition coefficient (Wildman–Crippen LogP) is 4.13. The van der Waals surface area contributed by atoms with E-state index in [0.717, 1.165) is 37.2 Å². The van der Waals surface area contributed by atoms with Crippen LogP contribution in [-0.2, 0) is 9.53 Å². The summed E-state index contributed by atoms with van der Waals surface area (Å²) in [6.45, 7) is 5.48. The first-order valence-corrected chi connectivity index (χ1v) is 10.6. The Labute approximate surface area is 178 Å². The summed E-state index contributed by atoms with van der Waals surface area (Å²) in [7, 11) is 0. The molecule has 160 valence electrons. The highest BCUT2D eigenvalue weighted by Crippen LogP contribution is 2.28. The van der Waals surface area contributed by atoms with Gasteiger partial charge in [-0.2, -0.15) is 0 Å². The Morgan fingerprint density at radius 1 is 1.17 bits per heavy atom. The SMILES string of the molecule is CCC(C)c1ccccc1OCC(=O)Nc1ccc(C(=O)NCC2CCCO2)cc1. The third kappa shape index (κ3) is 6.07. The zero-order valence-electron chi connectivity index (χ0n) is 17.6. The monoisotopic (exact) mass is 410 g/mol. The van der Waals surface area contributed by atoms with Crippen molar-refractivity contribution >= 4 is 17.5 Å². The number of hydrogen-bond acceptors (Lipinski definition) is 4. The van der Waals surface area contributed by atoms with E-state index in [-0.39, 0.29) is 24.5 Å². The average molecular weight is 411 g/mol. The zero-order chi connectivity index (χ0) is 21.3. The minimum absolute atomic E-state index is 0.0723. The largest absolute Gasteiger partial charge is 0.483 e. The van der Waals surface area contributed by atoms with Gasteiger partial charge >= 0.3 is 0 Å². The number of hydrogen-bond donors (Lipinski definition) is 2. The van der Waals surface area contributed by atoms with Crippen LogP contribution in [0.5, 0.6) is 5.75 Å². The topological polar surface area (TPSA) is 76.7 Å². The van der Waals surface area contributed by atoms with E-state index in [0.29, 0.717) is 23.7 Å². The molecule has 30 heavy (non-hydrogen) atoms. The molecule has 0 spiro atoms. The number of carbonyl (C=O) groups excluding carboxylic acids is 2. The average Bonchev–Trinajstić information content (AvgIpc) is 3.30. The van der Waals surface area contributed by atoms with Crippen LogP contribution in [-0.4, -0.2) is 37.7 Å². The van der Waals surface area contributed by atoms with Gasteiger partial charge in [-0.25, -0.2) is 0 Å². The number of amides is 2. The van der Waals surface area contributed by atoms with Crippen LogP contribution in [0.4, 0.5) is 5.69 Å². The summed E-state index contributed by atoms with van der Waals surface area (Å²) in [6, 6.07) is 14.6. The van der Waals surface area contributed by atoms with Gasteiger partial charge in [0.1, 0.15) is 5.75 Å². The molecule has 0 radical (unpaired) electrons. The van der Waals surface area contributed by atoms with Gasteiger partial charge in [-0.1, -0.05) is 32.0 Å². The Kier molecular flexibility index (Phi) is 7.85. The molecule has 0 aromatic heterocycles. The van der Waals surface area contributed by atoms with Crippen molar-refractivity contribution in [1.82, 2.24) is 5.32 Å². The van der Waals surface area contributed by atoms with Gasteiger partial charge in [0.2, 0.25) is 0 Å². The zero-order valence-corrected chi connectivity index (χ0v) is 17.6. The Bertz CT molecular complexity index is 845. The highest BCUT2D eigenvalue weighted by molar-refractivity contribution is 5.96. The van der Waals surface area contributed by atoms with E-state index in [4.69, 9.17) is 9.47 Å². The van der Waals surface area contributed by atoms with Crippen molar-refractivity contribution in [2.75, 3.05) is 25.1 Å². The van der Waals surface area contributed by atoms with Crippen LogP contribution in [0, 0.1) is 0 Å². The van der Waals surface area contributed by atoms with E-state index < -0.39 is 0 Å². The van der Waals surface area contributed by atoms with Crippen LogP contribution in [0.2, 0.25) is 0 Å². The van der Waals surface area contributed by atoms with E-state index in [1.54, 1.807) is 24.3 Å². The Hall–Kier alpha value is -2.86. The molecule has 1 aliphatic heterocycles. The maximum absolute atomic E-state index is 12.3. The standard InChI is InChI=1S/C24H30N2O4/c1-3-17(2)21-8-4-5-9-22(21)30-16-23(27)26-19-12-10-18(11-13-19)24(28)25-15-20-7-6-14-29-20/h4-5,8-13,17,20H,3,6-7,14-16H2,1-2H3,(H,25,28)(H,26,27). The van der Waals surface area contributed by atoms with Gasteiger partial charge in [0, 0.05) is 24.4 Å². The highest BCUT2D eigenvalue weighted by atomic mass is 16.5. The van der Waals surface area contributed by atoms with Crippen molar-refractivity contribution in [2.24, 2.45) is 0 Å². The lowest BCUT2D eigenvalue weighted by Crippen LogP contribution is -2.31. The first-order chi connectivity index (χ1) is 14.6. The van der Waals surface area contributed by atoms with E-state index in [1.807, 2.05) is 24.3 Å². The molecule has 2 aromatic carbocycles. The molecule has 0 aliphatic carbocycles. The number of nitrogens with one attached hydrogen (secondary N) is 2. The van der Waals surface area contributed by atoms with Crippen molar-refractivity contribution in [3.05, 3.63) is 59.7 Å². The molecule has 3 rings (SSSR count). The lowest BCUT2D eigenvalue weighted by atomic mass is 9.98. The molecule has 6 heteroatoms. The van der Waals surface area contributed by atoms with Crippen LogP contribution in [0.25, 0.3) is 0 Å². The van der Waals surface area contributed by atoms with E-state index >= 15 is 0 Å². The summed E-state index contributed by atoms with van der Waals surface area (Å²) < 4.78 is 11.3. The number of benzene rings is 2. The minimum Gasteiger partial charge on any atom is -0.483 e. The molecular weight excluding hydrogens is 380 g/mol. The normalized spacial score (nSPS) is 16.7. The molecule has 0 bridgehead atoms. The second-order valence-electron chi connectivity index (χ2n) is 7.61. The number of carbonyl (C=O) groups is 2. The van der Waals surface area contributed by atoms with Crippen molar-refractivity contribution in [3.8, 4) is 5.75 Å². The van der Waals surface area contributed by atoms with Gasteiger partial charge in [-0.3, -0.25) is 9.59 Å². The predicted molar refractivity (Wildman–Crippen MR) is 117 cm³/mol. The third-order valence-electron chi connectivity index (χ3n) is 5.37. The molecule has 1 fully saturated rings. The number of ether oxygens (including phenoxy) is 2. The maximum atomic E-state index is 12.3. The maximum Gasteiger partial charge on any atom is 0.262 e. The van der Waals surface area contributed by atoms with Gasteiger partial charge in [-0.05, 0) is 61.1 Å². The molecule has 2 unspecified atom stereocenters. The first kappa shape index (κ1) is 21.8. The van der Waals surface area contributed by atoms with Crippen LogP contribution in [0.15, 0.2) is 48.5 Å². The first-order valence-electron chi connectivity index (χ1n) is 10.6. The summed E-state index contributed by atoms with van der Waals surface area (Å²) in [6.07, 6.45) is 3.13. The van der Waals surface area contributed by atoms with Gasteiger partial charge in [0.05, 0.1) is 6.10 Å². The minimum atomic E-state index is -0.246. The molecule has 2 amide bonds. The molecule has 0 saturated carbocycles. The smallest absolute Gasteiger partial charge is 0.262 e. The van der Waals surface area contributed by atoms with Crippen molar-refractivity contribution < 1.29 is 19.1 Å². The Morgan fingerprint density at radius 2 is 1.93 bits per heavy atom. The lowest BCUT2D eigenvalue weighted by Gasteiger charge is -2.15. The van der Waals surface area contributed by atoms with Gasteiger partial charge in [0.25, 0.3) is 11.8 Å². The summed E-state index contributed by atoms with van der Waals surface area (Å²) in [4.78, 5) is 24.5. The highest BCUT2D eigenvalue weighted by Gasteiger charge is 2.17. The molecule has 1 aliphatic rings. The van der Waals surface area contributed by atoms with Crippen LogP contribution < -0.4 is 15.4 Å². The van der Waals surface area contributed by atoms with E-state index in [9.17, 15) is 9.59 Å². The van der Waals surface area contributed by atoms with E-state index in [1.165, 1.54) is 0 Å². The Balaban J connectivity index is 1.48. The molecule has 2 atom stereocenters. The van der Waals surface area contributed by atoms with Gasteiger partial charge in [-0.15, -0.1) is 0 Å². The second-order valence-corrected chi connectivity index (χ2v) is 7.61. The third-order valence-corrected chi connectivity index (χ3v) is 5.37. The van der Waals surface area contributed by atoms with Crippen molar-refractivity contribution in [1.29, 1.82) is 0 Å². The summed E-state index contributed by atoms with van der Waals surface area (Å²) in [5, 5.41) is 5.69. The Morgan fingerprint density at radius 3 is 2.63 bits per heavy atom. The number of rotatable bonds is 9. The van der Waals surface area contributed by atoms with E-state index in [2.05, 4.69) is 24.5 Å². The fourth-order valence-electron chi connectivity index (χ4n) is 3.40. The van der Waals surface area contributed by atoms with Gasteiger partial charge < -0.3 is 20.1 Å². The van der Waals surface area contributed by atoms with Crippen LogP contribution in [0.3, 0.4) is 0 Å². The van der Waals surface area contributed by atoms with Crippen molar-refractivity contribution in [3.63, 3.8) is 0 Å². The number of anilines is 1. The van der Waals surface area contributed by atoms with Crippen LogP contribution >= 0.6 is 0 Å². The lowest BCUT2D eigenvalue weighted by molar-refractivity contribution is -0.118. The summed E-state index contributed by atoms with van der Waals surface area (Å²) >= 11 is 0. The van der Waals surface area contributed by atoms with Crippen LogP contribution in [0.1, 0.15) is 54.9 Å². The van der Waals surface area contributed by atoms with Gasteiger partial charge in [0.15, 0.2) is 6.61 Å². The summed E-state index contributed by atoms with van der Waals surface area (Å²) in [5.74, 6) is 0.710.